The van der Waals surface area contributed by atoms with Crippen LogP contribution in [-0.2, 0) is 9.59 Å². The predicted molar refractivity (Wildman–Crippen MR) is 75.0 cm³/mol. The molecule has 7 nitrogen and oxygen atoms in total. The van der Waals surface area contributed by atoms with Crippen LogP contribution < -0.4 is 22.5 Å². The first-order valence-electron chi connectivity index (χ1n) is 6.07. The van der Waals surface area contributed by atoms with E-state index in [0.717, 1.165) is 6.42 Å². The van der Waals surface area contributed by atoms with Crippen LogP contribution in [0.4, 0.5) is 0 Å². The summed E-state index contributed by atoms with van der Waals surface area (Å²) in [5, 5.41) is 2.65. The number of rotatable bonds is 5. The molecule has 0 aromatic rings. The minimum Gasteiger partial charge on any atom is -0.370 e. The molecule has 1 saturated heterocycles. The summed E-state index contributed by atoms with van der Waals surface area (Å²) < 4.78 is 0. The minimum atomic E-state index is -0.540. The molecule has 1 aliphatic rings. The van der Waals surface area contributed by atoms with Crippen molar-refractivity contribution in [3.8, 4) is 0 Å². The Labute approximate surface area is 114 Å². The van der Waals surface area contributed by atoms with Gasteiger partial charge in [0.15, 0.2) is 5.96 Å². The lowest BCUT2D eigenvalue weighted by atomic mass is 9.81. The molecule has 0 bridgehead atoms. The Morgan fingerprint density at radius 2 is 2.05 bits per heavy atom. The van der Waals surface area contributed by atoms with Crippen LogP contribution in [-0.4, -0.2) is 30.4 Å². The number of hydrogen-bond donors (Lipinski definition) is 4. The third kappa shape index (κ3) is 5.15. The van der Waals surface area contributed by atoms with Crippen LogP contribution in [0.1, 0.15) is 33.6 Å². The molecular weight excluding hydrogens is 246 g/mol. The predicted octanol–water partition coefficient (Wildman–Crippen LogP) is -0.698. The van der Waals surface area contributed by atoms with Crippen molar-refractivity contribution in [2.75, 3.05) is 6.54 Å². The second kappa shape index (κ2) is 7.60. The molecule has 0 saturated carbocycles. The van der Waals surface area contributed by atoms with Crippen molar-refractivity contribution in [1.82, 2.24) is 5.32 Å². The number of carbonyl (C=O) groups excluding carboxylic acids is 2. The highest BCUT2D eigenvalue weighted by Crippen LogP contribution is 2.26. The Morgan fingerprint density at radius 3 is 2.53 bits per heavy atom. The van der Waals surface area contributed by atoms with E-state index in [2.05, 4.69) is 10.3 Å². The number of nitrogens with two attached hydrogens (primary N) is 3. The van der Waals surface area contributed by atoms with E-state index in [1.807, 2.05) is 6.92 Å². The zero-order chi connectivity index (χ0) is 13.7. The standard InChI is InChI=1S/C11H21N5O2.CH4/c1-6-5-8(9(12)17)16-10(18)7(6)3-2-4-15-11(13)14;/h6-8H,2-5H2,1H3,(H2,12,17)(H,16,18)(H4,13,14,15);1H4/t6?,7-,8-;/m1./s1. The van der Waals surface area contributed by atoms with E-state index < -0.39 is 11.9 Å². The van der Waals surface area contributed by atoms with E-state index >= 15 is 0 Å². The number of carbonyl (C=O) groups is 2. The van der Waals surface area contributed by atoms with E-state index in [0.29, 0.717) is 19.4 Å². The molecule has 2 amide bonds. The van der Waals surface area contributed by atoms with Gasteiger partial charge in [-0.2, -0.15) is 0 Å². The lowest BCUT2D eigenvalue weighted by molar-refractivity contribution is -0.135. The van der Waals surface area contributed by atoms with Gasteiger partial charge in [-0.05, 0) is 25.2 Å². The van der Waals surface area contributed by atoms with Gasteiger partial charge in [0.25, 0.3) is 0 Å². The maximum atomic E-state index is 11.8. The maximum absolute atomic E-state index is 11.8. The quantitative estimate of drug-likeness (QED) is 0.298. The van der Waals surface area contributed by atoms with Gasteiger partial charge in [-0.25, -0.2) is 0 Å². The number of nitrogens with zero attached hydrogens (tertiary/aromatic N) is 1. The normalized spacial score (nSPS) is 25.9. The van der Waals surface area contributed by atoms with Crippen LogP contribution in [0.15, 0.2) is 4.99 Å². The Morgan fingerprint density at radius 1 is 1.42 bits per heavy atom. The van der Waals surface area contributed by atoms with Gasteiger partial charge < -0.3 is 22.5 Å². The Bertz CT molecular complexity index is 352. The van der Waals surface area contributed by atoms with Gasteiger partial charge in [0.1, 0.15) is 6.04 Å². The molecule has 110 valence electrons. The van der Waals surface area contributed by atoms with Crippen molar-refractivity contribution in [3.05, 3.63) is 0 Å². The van der Waals surface area contributed by atoms with Crippen LogP contribution in [0.2, 0.25) is 0 Å². The molecule has 0 aromatic carbocycles. The average Bonchev–Trinajstić information content (AvgIpc) is 2.26. The highest BCUT2D eigenvalue weighted by Gasteiger charge is 2.35. The first kappa shape index (κ1) is 17.2. The molecule has 0 spiro atoms. The first-order valence-corrected chi connectivity index (χ1v) is 6.07. The van der Waals surface area contributed by atoms with Gasteiger partial charge in [-0.1, -0.05) is 14.4 Å². The molecule has 1 fully saturated rings. The average molecular weight is 271 g/mol. The molecule has 0 aromatic heterocycles. The largest absolute Gasteiger partial charge is 0.370 e. The summed E-state index contributed by atoms with van der Waals surface area (Å²) in [6.45, 7) is 2.47. The molecule has 19 heavy (non-hydrogen) atoms. The van der Waals surface area contributed by atoms with Crippen LogP contribution >= 0.6 is 0 Å². The molecule has 0 aliphatic carbocycles. The second-order valence-electron chi connectivity index (χ2n) is 4.73. The molecule has 1 heterocycles. The van der Waals surface area contributed by atoms with Gasteiger partial charge in [0.05, 0.1) is 0 Å². The summed E-state index contributed by atoms with van der Waals surface area (Å²) in [6.07, 6.45) is 2.03. The molecular formula is C12H25N5O2. The highest BCUT2D eigenvalue weighted by atomic mass is 16.2. The molecule has 3 atom stereocenters. The highest BCUT2D eigenvalue weighted by molar-refractivity contribution is 5.89. The number of aliphatic imine (C=N–C) groups is 1. The van der Waals surface area contributed by atoms with Crippen molar-refractivity contribution in [1.29, 1.82) is 0 Å². The van der Waals surface area contributed by atoms with Crippen molar-refractivity contribution < 1.29 is 9.59 Å². The fraction of sp³-hybridized carbons (Fsp3) is 0.750. The SMILES string of the molecule is C.CC1C[C@H](C(N)=O)NC(=O)[C@@H]1CCCN=C(N)N. The number of hydrogen-bond acceptors (Lipinski definition) is 3. The van der Waals surface area contributed by atoms with Gasteiger partial charge in [0.2, 0.25) is 11.8 Å². The second-order valence-corrected chi connectivity index (χ2v) is 4.73. The summed E-state index contributed by atoms with van der Waals surface area (Å²) in [6, 6.07) is -0.540. The maximum Gasteiger partial charge on any atom is 0.240 e. The summed E-state index contributed by atoms with van der Waals surface area (Å²) in [5.41, 5.74) is 15.6. The monoisotopic (exact) mass is 271 g/mol. The van der Waals surface area contributed by atoms with Gasteiger partial charge in [-0.3, -0.25) is 14.6 Å². The van der Waals surface area contributed by atoms with E-state index in [1.54, 1.807) is 0 Å². The third-order valence-electron chi connectivity index (χ3n) is 3.26. The summed E-state index contributed by atoms with van der Waals surface area (Å²) in [7, 11) is 0. The Hall–Kier alpha value is -1.79. The van der Waals surface area contributed by atoms with Gasteiger partial charge in [-0.15, -0.1) is 0 Å². The molecule has 7 heteroatoms. The fourth-order valence-corrected chi connectivity index (χ4v) is 2.25. The van der Waals surface area contributed by atoms with Crippen LogP contribution in [0.25, 0.3) is 0 Å². The first-order chi connectivity index (χ1) is 8.41. The van der Waals surface area contributed by atoms with Crippen molar-refractivity contribution in [2.24, 2.45) is 34.0 Å². The Kier molecular flexibility index (Phi) is 6.89. The van der Waals surface area contributed by atoms with E-state index in [-0.39, 0.29) is 31.1 Å². The minimum absolute atomic E-state index is 0. The fourth-order valence-electron chi connectivity index (χ4n) is 2.25. The van der Waals surface area contributed by atoms with Crippen molar-refractivity contribution in [2.45, 2.75) is 39.7 Å². The molecule has 7 N–H and O–H groups in total. The zero-order valence-corrected chi connectivity index (χ0v) is 10.6. The van der Waals surface area contributed by atoms with Crippen LogP contribution in [0, 0.1) is 11.8 Å². The zero-order valence-electron chi connectivity index (χ0n) is 10.6. The van der Waals surface area contributed by atoms with E-state index in [1.165, 1.54) is 0 Å². The van der Waals surface area contributed by atoms with E-state index in [9.17, 15) is 9.59 Å². The van der Waals surface area contributed by atoms with Crippen LogP contribution in [0.5, 0.6) is 0 Å². The van der Waals surface area contributed by atoms with E-state index in [4.69, 9.17) is 17.2 Å². The van der Waals surface area contributed by atoms with Crippen molar-refractivity contribution >= 4 is 17.8 Å². The number of primary amides is 1. The Balaban J connectivity index is 0.00000324. The topological polar surface area (TPSA) is 137 Å². The lowest BCUT2D eigenvalue weighted by Crippen LogP contribution is -2.53. The summed E-state index contributed by atoms with van der Waals surface area (Å²) in [5.74, 6) is -0.494. The third-order valence-corrected chi connectivity index (χ3v) is 3.26. The van der Waals surface area contributed by atoms with Gasteiger partial charge in [0, 0.05) is 12.5 Å². The number of nitrogens with one attached hydrogen (secondary N) is 1. The molecule has 1 unspecified atom stereocenters. The van der Waals surface area contributed by atoms with Crippen LogP contribution in [0.3, 0.4) is 0 Å². The van der Waals surface area contributed by atoms with Gasteiger partial charge >= 0.3 is 0 Å². The van der Waals surface area contributed by atoms with Crippen molar-refractivity contribution in [3.63, 3.8) is 0 Å². The number of guanidine groups is 1. The number of amides is 2. The summed E-state index contributed by atoms with van der Waals surface area (Å²) >= 11 is 0. The lowest BCUT2D eigenvalue weighted by Gasteiger charge is -2.32. The molecule has 1 rings (SSSR count). The smallest absolute Gasteiger partial charge is 0.240 e. The molecule has 0 radical (unpaired) electrons. The molecule has 1 aliphatic heterocycles. The summed E-state index contributed by atoms with van der Waals surface area (Å²) in [4.78, 5) is 26.8. The number of piperidine rings is 1.